The van der Waals surface area contributed by atoms with Crippen molar-refractivity contribution in [3.8, 4) is 17.1 Å². The SMILES string of the molecule is Cc1cc(Nc2nc(-c3ccccc3)nc3c2OCCC3)n[nH]1. The predicted octanol–water partition coefficient (Wildman–Crippen LogP) is 3.24. The molecule has 2 N–H and O–H groups in total. The molecule has 0 saturated heterocycles. The Kier molecular flexibility index (Phi) is 3.42. The van der Waals surface area contributed by atoms with Crippen LogP contribution in [0.5, 0.6) is 5.75 Å². The zero-order valence-corrected chi connectivity index (χ0v) is 12.8. The van der Waals surface area contributed by atoms with Gasteiger partial charge in [-0.25, -0.2) is 9.97 Å². The van der Waals surface area contributed by atoms with Crippen LogP contribution in [-0.4, -0.2) is 26.8 Å². The number of hydrogen-bond acceptors (Lipinski definition) is 5. The molecule has 3 aromatic rings. The average Bonchev–Trinajstić information content (AvgIpc) is 3.00. The van der Waals surface area contributed by atoms with Crippen LogP contribution in [0.15, 0.2) is 36.4 Å². The van der Waals surface area contributed by atoms with Crippen LogP contribution in [0.25, 0.3) is 11.4 Å². The molecule has 4 rings (SSSR count). The second kappa shape index (κ2) is 5.72. The maximum absolute atomic E-state index is 5.80. The Hall–Kier alpha value is -2.89. The van der Waals surface area contributed by atoms with Crippen molar-refractivity contribution < 1.29 is 4.74 Å². The predicted molar refractivity (Wildman–Crippen MR) is 87.9 cm³/mol. The molecule has 0 saturated carbocycles. The molecule has 0 fully saturated rings. The quantitative estimate of drug-likeness (QED) is 0.777. The highest BCUT2D eigenvalue weighted by molar-refractivity contribution is 5.66. The number of rotatable bonds is 3. The maximum Gasteiger partial charge on any atom is 0.183 e. The first-order valence-corrected chi connectivity index (χ1v) is 7.68. The number of H-pyrrole nitrogens is 1. The molecule has 0 radical (unpaired) electrons. The van der Waals surface area contributed by atoms with Crippen molar-refractivity contribution >= 4 is 11.6 Å². The highest BCUT2D eigenvalue weighted by Crippen LogP contribution is 2.34. The Morgan fingerprint density at radius 2 is 2.04 bits per heavy atom. The summed E-state index contributed by atoms with van der Waals surface area (Å²) in [6.07, 6.45) is 1.87. The molecule has 0 spiro atoms. The number of aryl methyl sites for hydroxylation is 2. The van der Waals surface area contributed by atoms with Crippen LogP contribution in [0.2, 0.25) is 0 Å². The van der Waals surface area contributed by atoms with Crippen molar-refractivity contribution in [2.45, 2.75) is 19.8 Å². The molecule has 0 aliphatic carbocycles. The topological polar surface area (TPSA) is 75.7 Å². The fourth-order valence-electron chi connectivity index (χ4n) is 2.64. The molecule has 0 atom stereocenters. The van der Waals surface area contributed by atoms with E-state index in [-0.39, 0.29) is 0 Å². The first-order chi connectivity index (χ1) is 11.3. The van der Waals surface area contributed by atoms with Gasteiger partial charge in [-0.1, -0.05) is 30.3 Å². The second-order valence-corrected chi connectivity index (χ2v) is 5.55. The Labute approximate surface area is 133 Å². The molecule has 3 heterocycles. The lowest BCUT2D eigenvalue weighted by molar-refractivity contribution is 0.285. The van der Waals surface area contributed by atoms with Gasteiger partial charge in [-0.2, -0.15) is 5.10 Å². The summed E-state index contributed by atoms with van der Waals surface area (Å²) in [5, 5.41) is 10.4. The number of aromatic amines is 1. The highest BCUT2D eigenvalue weighted by Gasteiger charge is 2.20. The van der Waals surface area contributed by atoms with Gasteiger partial charge < -0.3 is 10.1 Å². The van der Waals surface area contributed by atoms with Gasteiger partial charge in [0.2, 0.25) is 0 Å². The van der Waals surface area contributed by atoms with Crippen LogP contribution >= 0.6 is 0 Å². The number of nitrogens with one attached hydrogen (secondary N) is 2. The average molecular weight is 307 g/mol. The van der Waals surface area contributed by atoms with Gasteiger partial charge in [0.15, 0.2) is 23.2 Å². The van der Waals surface area contributed by atoms with Gasteiger partial charge in [-0.15, -0.1) is 0 Å². The standard InChI is InChI=1S/C17H17N5O/c1-11-10-14(22-21-11)19-17-15-13(8-5-9-23-15)18-16(20-17)12-6-3-2-4-7-12/h2-4,6-7,10H,5,8-9H2,1H3,(H2,18,19,20,21,22). The van der Waals surface area contributed by atoms with E-state index >= 15 is 0 Å². The van der Waals surface area contributed by atoms with Gasteiger partial charge in [0.1, 0.15) is 0 Å². The van der Waals surface area contributed by atoms with Gasteiger partial charge in [0.25, 0.3) is 0 Å². The van der Waals surface area contributed by atoms with Gasteiger partial charge in [-0.05, 0) is 19.8 Å². The molecule has 6 nitrogen and oxygen atoms in total. The van der Waals surface area contributed by atoms with Crippen molar-refractivity contribution in [1.29, 1.82) is 0 Å². The van der Waals surface area contributed by atoms with E-state index in [0.717, 1.165) is 41.4 Å². The molecule has 1 aliphatic rings. The summed E-state index contributed by atoms with van der Waals surface area (Å²) >= 11 is 0. The van der Waals surface area contributed by atoms with Gasteiger partial charge in [0.05, 0.1) is 12.3 Å². The second-order valence-electron chi connectivity index (χ2n) is 5.55. The lowest BCUT2D eigenvalue weighted by Gasteiger charge is -2.20. The van der Waals surface area contributed by atoms with Crippen LogP contribution in [0.3, 0.4) is 0 Å². The summed E-state index contributed by atoms with van der Waals surface area (Å²) in [7, 11) is 0. The van der Waals surface area contributed by atoms with Crippen molar-refractivity contribution in [2.24, 2.45) is 0 Å². The molecule has 1 aromatic carbocycles. The molecule has 1 aliphatic heterocycles. The maximum atomic E-state index is 5.80. The lowest BCUT2D eigenvalue weighted by Crippen LogP contribution is -2.14. The molecule has 6 heteroatoms. The zero-order chi connectivity index (χ0) is 15.6. The Morgan fingerprint density at radius 3 is 2.83 bits per heavy atom. The summed E-state index contributed by atoms with van der Waals surface area (Å²) in [6, 6.07) is 11.9. The summed E-state index contributed by atoms with van der Waals surface area (Å²) in [4.78, 5) is 9.35. The molecular formula is C17H17N5O. The zero-order valence-electron chi connectivity index (χ0n) is 12.8. The highest BCUT2D eigenvalue weighted by atomic mass is 16.5. The number of fused-ring (bicyclic) bond motifs is 1. The summed E-state index contributed by atoms with van der Waals surface area (Å²) in [6.45, 7) is 2.65. The summed E-state index contributed by atoms with van der Waals surface area (Å²) in [5.74, 6) is 2.82. The molecule has 116 valence electrons. The first kappa shape index (κ1) is 13.8. The number of nitrogens with zero attached hydrogens (tertiary/aromatic N) is 3. The summed E-state index contributed by atoms with van der Waals surface area (Å²) in [5.41, 5.74) is 2.92. The lowest BCUT2D eigenvalue weighted by atomic mass is 10.1. The van der Waals surface area contributed by atoms with Crippen LogP contribution in [0.4, 0.5) is 11.6 Å². The smallest absolute Gasteiger partial charge is 0.183 e. The van der Waals surface area contributed by atoms with E-state index in [1.54, 1.807) is 0 Å². The van der Waals surface area contributed by atoms with E-state index in [1.807, 2.05) is 43.3 Å². The monoisotopic (exact) mass is 307 g/mol. The molecular weight excluding hydrogens is 290 g/mol. The number of hydrogen-bond donors (Lipinski definition) is 2. The number of ether oxygens (including phenoxy) is 1. The Bertz CT molecular complexity index is 828. The van der Waals surface area contributed by atoms with E-state index < -0.39 is 0 Å². The molecule has 23 heavy (non-hydrogen) atoms. The van der Waals surface area contributed by atoms with E-state index in [0.29, 0.717) is 18.2 Å². The minimum absolute atomic E-state index is 0.667. The van der Waals surface area contributed by atoms with E-state index in [4.69, 9.17) is 4.74 Å². The number of benzene rings is 1. The Morgan fingerprint density at radius 1 is 1.17 bits per heavy atom. The van der Waals surface area contributed by atoms with Crippen LogP contribution < -0.4 is 10.1 Å². The fourth-order valence-corrected chi connectivity index (χ4v) is 2.64. The van der Waals surface area contributed by atoms with Crippen molar-refractivity contribution in [1.82, 2.24) is 20.2 Å². The molecule has 0 amide bonds. The molecule has 2 aromatic heterocycles. The fraction of sp³-hybridized carbons (Fsp3) is 0.235. The summed E-state index contributed by atoms with van der Waals surface area (Å²) < 4.78 is 5.80. The van der Waals surface area contributed by atoms with Crippen LogP contribution in [-0.2, 0) is 6.42 Å². The minimum atomic E-state index is 0.667. The first-order valence-electron chi connectivity index (χ1n) is 7.68. The Balaban J connectivity index is 1.79. The normalized spacial score (nSPS) is 13.3. The van der Waals surface area contributed by atoms with Crippen LogP contribution in [0, 0.1) is 6.92 Å². The van der Waals surface area contributed by atoms with E-state index in [9.17, 15) is 0 Å². The molecule has 0 unspecified atom stereocenters. The van der Waals surface area contributed by atoms with Crippen molar-refractivity contribution in [3.63, 3.8) is 0 Å². The minimum Gasteiger partial charge on any atom is -0.488 e. The number of anilines is 2. The van der Waals surface area contributed by atoms with Gasteiger partial charge in [-0.3, -0.25) is 5.10 Å². The third kappa shape index (κ3) is 2.75. The third-order valence-corrected chi connectivity index (χ3v) is 3.72. The largest absolute Gasteiger partial charge is 0.488 e. The van der Waals surface area contributed by atoms with Gasteiger partial charge >= 0.3 is 0 Å². The molecule has 0 bridgehead atoms. The van der Waals surface area contributed by atoms with Crippen molar-refractivity contribution in [2.75, 3.05) is 11.9 Å². The van der Waals surface area contributed by atoms with Gasteiger partial charge in [0, 0.05) is 17.3 Å². The van der Waals surface area contributed by atoms with Crippen LogP contribution in [0.1, 0.15) is 17.8 Å². The third-order valence-electron chi connectivity index (χ3n) is 3.72. The van der Waals surface area contributed by atoms with Crippen molar-refractivity contribution in [3.05, 3.63) is 47.8 Å². The van der Waals surface area contributed by atoms with E-state index in [1.165, 1.54) is 0 Å². The van der Waals surface area contributed by atoms with E-state index in [2.05, 4.69) is 25.5 Å². The number of aromatic nitrogens is 4.